The molecule has 1 N–H and O–H groups in total. The van der Waals surface area contributed by atoms with Gasteiger partial charge in [-0.3, -0.25) is 0 Å². The van der Waals surface area contributed by atoms with E-state index in [9.17, 15) is 5.11 Å². The lowest BCUT2D eigenvalue weighted by Crippen LogP contribution is -3.00. The van der Waals surface area contributed by atoms with Crippen molar-refractivity contribution in [2.24, 2.45) is 0 Å². The molecule has 0 saturated carbocycles. The Kier molecular flexibility index (Phi) is 24.2. The molecule has 1 aliphatic heterocycles. The van der Waals surface area contributed by atoms with Gasteiger partial charge in [-0.1, -0.05) is 103 Å². The average molecular weight is 536 g/mol. The van der Waals surface area contributed by atoms with Gasteiger partial charge >= 0.3 is 0 Å². The number of nitrogens with zero attached hydrogens (tertiary/aromatic N) is 1. The Morgan fingerprint density at radius 1 is 0.639 bits per heavy atom. The maximum atomic E-state index is 10.3. The van der Waals surface area contributed by atoms with Crippen LogP contribution in [0.3, 0.4) is 0 Å². The number of quaternary nitrogens is 1. The predicted molar refractivity (Wildman–Crippen MR) is 148 cm³/mol. The minimum absolute atomic E-state index is 0. The molecule has 36 heavy (non-hydrogen) atoms. The Morgan fingerprint density at radius 2 is 1.11 bits per heavy atom. The number of likely N-dealkylation sites (tertiary alicyclic amines) is 1. The summed E-state index contributed by atoms with van der Waals surface area (Å²) in [4.78, 5) is 0. The van der Waals surface area contributed by atoms with Crippen LogP contribution in [0.25, 0.3) is 0 Å². The van der Waals surface area contributed by atoms with Crippen molar-refractivity contribution in [3.05, 3.63) is 0 Å². The van der Waals surface area contributed by atoms with Gasteiger partial charge in [0.15, 0.2) is 5.79 Å². The summed E-state index contributed by atoms with van der Waals surface area (Å²) in [6, 6.07) is 0. The molecule has 0 amide bonds. The van der Waals surface area contributed by atoms with E-state index in [2.05, 4.69) is 14.0 Å². The van der Waals surface area contributed by atoms with Crippen molar-refractivity contribution in [2.75, 3.05) is 59.7 Å². The normalized spacial score (nSPS) is 16.7. The third-order valence-electron chi connectivity index (χ3n) is 7.57. The number of hydrogen-bond donors (Lipinski definition) is 1. The lowest BCUT2D eigenvalue weighted by molar-refractivity contribution is -0.898. The zero-order valence-electron chi connectivity index (χ0n) is 24.4. The molecule has 0 aliphatic carbocycles. The van der Waals surface area contributed by atoms with Gasteiger partial charge in [0.1, 0.15) is 13.2 Å². The molecule has 0 aromatic carbocycles. The van der Waals surface area contributed by atoms with Gasteiger partial charge in [-0.05, 0) is 13.3 Å². The minimum atomic E-state index is -1.23. The highest BCUT2D eigenvalue weighted by atomic mass is 35.5. The van der Waals surface area contributed by atoms with Gasteiger partial charge in [-0.25, -0.2) is 0 Å². The van der Waals surface area contributed by atoms with E-state index in [4.69, 9.17) is 14.2 Å². The van der Waals surface area contributed by atoms with Gasteiger partial charge < -0.3 is 36.2 Å². The highest BCUT2D eigenvalue weighted by molar-refractivity contribution is 4.58. The minimum Gasteiger partial charge on any atom is -1.00 e. The summed E-state index contributed by atoms with van der Waals surface area (Å²) in [5.41, 5.74) is 0. The Bertz CT molecular complexity index is 458. The maximum absolute atomic E-state index is 10.3. The average Bonchev–Trinajstić information content (AvgIpc) is 3.27. The van der Waals surface area contributed by atoms with E-state index >= 15 is 0 Å². The van der Waals surface area contributed by atoms with E-state index < -0.39 is 5.79 Å². The van der Waals surface area contributed by atoms with Crippen LogP contribution < -0.4 is 12.4 Å². The smallest absolute Gasteiger partial charge is 0.186 e. The summed E-state index contributed by atoms with van der Waals surface area (Å²) >= 11 is 0. The number of aliphatic hydroxyl groups is 1. The second-order valence-corrected chi connectivity index (χ2v) is 11.5. The van der Waals surface area contributed by atoms with Crippen LogP contribution in [-0.2, 0) is 14.2 Å². The van der Waals surface area contributed by atoms with Gasteiger partial charge in [-0.2, -0.15) is 0 Å². The topological polar surface area (TPSA) is 47.9 Å². The van der Waals surface area contributed by atoms with Gasteiger partial charge in [0, 0.05) is 19.4 Å². The number of likely N-dealkylation sites (N-methyl/N-ethyl adjacent to an activating group) is 1. The summed E-state index contributed by atoms with van der Waals surface area (Å²) in [6.07, 6.45) is 24.6. The zero-order valence-corrected chi connectivity index (χ0v) is 25.1. The van der Waals surface area contributed by atoms with Crippen LogP contribution in [-0.4, -0.2) is 75.1 Å². The Balaban J connectivity index is 0.0000122. The van der Waals surface area contributed by atoms with Crippen LogP contribution >= 0.6 is 0 Å². The van der Waals surface area contributed by atoms with Gasteiger partial charge in [0.25, 0.3) is 0 Å². The SMILES string of the molecule is CCCCCCCCCCCCCCCCCCOCC(C)(O)OCCOCC[N+]1(C)CCCC1.[Cl-]. The lowest BCUT2D eigenvalue weighted by atomic mass is 10.0. The Labute approximate surface area is 231 Å². The fourth-order valence-electron chi connectivity index (χ4n) is 5.09. The first-order chi connectivity index (χ1) is 17.0. The molecule has 1 atom stereocenters. The Hall–Kier alpha value is 0.0900. The van der Waals surface area contributed by atoms with Crippen molar-refractivity contribution in [2.45, 2.75) is 135 Å². The van der Waals surface area contributed by atoms with Gasteiger partial charge in [-0.15, -0.1) is 0 Å². The molecule has 1 fully saturated rings. The third kappa shape index (κ3) is 22.1. The van der Waals surface area contributed by atoms with E-state index in [1.54, 1.807) is 6.92 Å². The van der Waals surface area contributed by atoms with Crippen LogP contribution in [0.1, 0.15) is 129 Å². The van der Waals surface area contributed by atoms with Crippen LogP contribution in [0.4, 0.5) is 0 Å². The lowest BCUT2D eigenvalue weighted by Gasteiger charge is -2.29. The van der Waals surface area contributed by atoms with E-state index in [0.717, 1.165) is 24.1 Å². The van der Waals surface area contributed by atoms with Crippen LogP contribution in [0, 0.1) is 0 Å². The summed E-state index contributed by atoms with van der Waals surface area (Å²) in [6.45, 7) is 10.2. The number of halogens is 1. The standard InChI is InChI=1S/C30H62NO4.ClH/c1-4-5-6-7-8-9-10-11-12-13-14-15-16-17-18-21-25-34-29-30(2,32)35-28-27-33-26-24-31(3)22-19-20-23-31;/h32H,4-29H2,1-3H3;1H/q+1;/p-1. The second-order valence-electron chi connectivity index (χ2n) is 11.5. The van der Waals surface area contributed by atoms with E-state index in [1.165, 1.54) is 122 Å². The molecular weight excluding hydrogens is 474 g/mol. The van der Waals surface area contributed by atoms with E-state index in [-0.39, 0.29) is 19.0 Å². The zero-order chi connectivity index (χ0) is 25.5. The predicted octanol–water partition coefficient (Wildman–Crippen LogP) is 4.25. The van der Waals surface area contributed by atoms with Gasteiger partial charge in [0.2, 0.25) is 0 Å². The fraction of sp³-hybridized carbons (Fsp3) is 1.00. The molecule has 0 aromatic rings. The Morgan fingerprint density at radius 3 is 1.61 bits per heavy atom. The van der Waals surface area contributed by atoms with Crippen LogP contribution in [0.2, 0.25) is 0 Å². The van der Waals surface area contributed by atoms with Crippen molar-refractivity contribution < 1.29 is 36.2 Å². The van der Waals surface area contributed by atoms with Crippen molar-refractivity contribution >= 4 is 0 Å². The molecule has 0 aromatic heterocycles. The first-order valence-corrected chi connectivity index (χ1v) is 15.3. The summed E-state index contributed by atoms with van der Waals surface area (Å²) in [5.74, 6) is -1.23. The fourth-order valence-corrected chi connectivity index (χ4v) is 5.09. The molecule has 218 valence electrons. The summed E-state index contributed by atoms with van der Waals surface area (Å²) in [7, 11) is 2.31. The van der Waals surface area contributed by atoms with Crippen molar-refractivity contribution in [1.82, 2.24) is 0 Å². The molecule has 1 saturated heterocycles. The quantitative estimate of drug-likeness (QED) is 0.102. The monoisotopic (exact) mass is 535 g/mol. The van der Waals surface area contributed by atoms with Crippen molar-refractivity contribution in [3.8, 4) is 0 Å². The molecule has 6 heteroatoms. The number of unbranched alkanes of at least 4 members (excludes halogenated alkanes) is 15. The molecule has 1 heterocycles. The molecule has 1 aliphatic rings. The number of rotatable bonds is 26. The summed E-state index contributed by atoms with van der Waals surface area (Å²) in [5, 5.41) is 10.3. The van der Waals surface area contributed by atoms with Crippen molar-refractivity contribution in [3.63, 3.8) is 0 Å². The van der Waals surface area contributed by atoms with Crippen LogP contribution in [0.15, 0.2) is 0 Å². The first-order valence-electron chi connectivity index (χ1n) is 15.3. The molecule has 0 spiro atoms. The highest BCUT2D eigenvalue weighted by Gasteiger charge is 2.26. The highest BCUT2D eigenvalue weighted by Crippen LogP contribution is 2.16. The van der Waals surface area contributed by atoms with E-state index in [0.29, 0.717) is 19.8 Å². The third-order valence-corrected chi connectivity index (χ3v) is 7.57. The van der Waals surface area contributed by atoms with Crippen LogP contribution in [0.5, 0.6) is 0 Å². The van der Waals surface area contributed by atoms with E-state index in [1.807, 2.05) is 0 Å². The van der Waals surface area contributed by atoms with Crippen molar-refractivity contribution in [1.29, 1.82) is 0 Å². The summed E-state index contributed by atoms with van der Waals surface area (Å²) < 4.78 is 18.1. The molecule has 0 bridgehead atoms. The largest absolute Gasteiger partial charge is 1.00 e. The first kappa shape index (κ1) is 36.1. The molecule has 1 unspecified atom stereocenters. The number of ether oxygens (including phenoxy) is 3. The molecular formula is C30H62ClNO4. The molecule has 0 radical (unpaired) electrons. The number of hydrogen-bond acceptors (Lipinski definition) is 4. The maximum Gasteiger partial charge on any atom is 0.186 e. The molecule has 1 rings (SSSR count). The second kappa shape index (κ2) is 24.2. The van der Waals surface area contributed by atoms with Gasteiger partial charge in [0.05, 0.1) is 40.0 Å². The molecule has 5 nitrogen and oxygen atoms in total.